The van der Waals surface area contributed by atoms with Crippen LogP contribution >= 0.6 is 0 Å². The minimum absolute atomic E-state index is 0.0206. The Labute approximate surface area is 167 Å². The van der Waals surface area contributed by atoms with Crippen molar-refractivity contribution in [2.45, 2.75) is 0 Å². The Balaban J connectivity index is 2.02. The highest BCUT2D eigenvalue weighted by molar-refractivity contribution is 5.84. The van der Waals surface area contributed by atoms with Gasteiger partial charge in [-0.15, -0.1) is 0 Å². The van der Waals surface area contributed by atoms with Crippen molar-refractivity contribution in [1.29, 1.82) is 0 Å². The van der Waals surface area contributed by atoms with Crippen molar-refractivity contribution < 1.29 is 30.0 Å². The first-order valence-corrected chi connectivity index (χ1v) is 8.07. The zero-order valence-corrected chi connectivity index (χ0v) is 14.9. The summed E-state index contributed by atoms with van der Waals surface area (Å²) in [4.78, 5) is 44.0. The zero-order chi connectivity index (χ0) is 21.7. The lowest BCUT2D eigenvalue weighted by molar-refractivity contribution is 0.111. The maximum atomic E-state index is 10.8. The van der Waals surface area contributed by atoms with Crippen LogP contribution in [0.2, 0.25) is 0 Å². The van der Waals surface area contributed by atoms with Crippen molar-refractivity contribution in [2.24, 2.45) is 0 Å². The molecule has 0 radical (unpaired) electrons. The van der Waals surface area contributed by atoms with Crippen molar-refractivity contribution in [3.8, 4) is 0 Å². The van der Waals surface area contributed by atoms with Gasteiger partial charge in [0.15, 0.2) is 35.6 Å². The lowest BCUT2D eigenvalue weighted by Gasteiger charge is -2.07. The predicted octanol–water partition coefficient (Wildman–Crippen LogP) is 1.57. The highest BCUT2D eigenvalue weighted by Gasteiger charge is 2.17. The molecule has 0 aliphatic rings. The van der Waals surface area contributed by atoms with Gasteiger partial charge in [-0.05, 0) is 18.2 Å². The predicted molar refractivity (Wildman–Crippen MR) is 101 cm³/mol. The number of aldehydes is 2. The van der Waals surface area contributed by atoms with Crippen LogP contribution in [-0.4, -0.2) is 62.9 Å². The summed E-state index contributed by atoms with van der Waals surface area (Å²) in [6, 6.07) is 3.36. The minimum atomic E-state index is -0.730. The number of aliphatic hydroxyl groups is 4. The normalized spacial score (nSPS) is 12.5. The van der Waals surface area contributed by atoms with Crippen LogP contribution < -0.4 is 0 Å². The third-order valence-electron chi connectivity index (χ3n) is 3.70. The molecule has 0 unspecified atom stereocenters. The van der Waals surface area contributed by atoms with Crippen LogP contribution in [0, 0.1) is 0 Å². The number of carbonyl (C=O) groups excluding carboxylic acids is 2. The fourth-order valence-corrected chi connectivity index (χ4v) is 2.23. The second kappa shape index (κ2) is 8.52. The Hall–Kier alpha value is -4.74. The molecular formula is C18H12N6O6. The second-order valence-corrected chi connectivity index (χ2v) is 5.57. The molecule has 0 bridgehead atoms. The number of aliphatic hydroxyl groups excluding tert-OH is 4. The first kappa shape index (κ1) is 20.0. The van der Waals surface area contributed by atoms with E-state index in [1.165, 1.54) is 0 Å². The van der Waals surface area contributed by atoms with Crippen molar-refractivity contribution in [3.63, 3.8) is 0 Å². The maximum absolute atomic E-state index is 10.8. The zero-order valence-electron chi connectivity index (χ0n) is 14.9. The number of aromatic nitrogens is 6. The molecule has 3 heterocycles. The van der Waals surface area contributed by atoms with Crippen LogP contribution in [0.4, 0.5) is 0 Å². The van der Waals surface area contributed by atoms with Gasteiger partial charge < -0.3 is 20.4 Å². The number of carbonyl (C=O) groups is 2. The molecule has 30 heavy (non-hydrogen) atoms. The third kappa shape index (κ3) is 4.06. The molecule has 3 rings (SSSR count). The van der Waals surface area contributed by atoms with Crippen LogP contribution in [0.3, 0.4) is 0 Å². The van der Waals surface area contributed by atoms with Gasteiger partial charge in [0.2, 0.25) is 0 Å². The molecule has 0 aliphatic carbocycles. The van der Waals surface area contributed by atoms with Crippen LogP contribution in [0.1, 0.15) is 43.8 Å². The van der Waals surface area contributed by atoms with E-state index < -0.39 is 23.0 Å². The summed E-state index contributed by atoms with van der Waals surface area (Å²) in [5.74, 6) is -2.87. The molecule has 12 heteroatoms. The molecule has 0 amide bonds. The van der Waals surface area contributed by atoms with Crippen LogP contribution in [0.25, 0.3) is 23.0 Å². The topological polar surface area (TPSA) is 192 Å². The second-order valence-electron chi connectivity index (χ2n) is 5.57. The standard InChI is InChI=1S/C18H12N6O6/c25-4-9-1-11(21-6-19-9)15(27)17(29)13-3-14(24-8-23-13)18(30)16(28)12-2-10(5-26)20-7-22-12/h1-8,27-30H/b17-15+,18-16+. The molecule has 3 aromatic heterocycles. The van der Waals surface area contributed by atoms with E-state index >= 15 is 0 Å². The van der Waals surface area contributed by atoms with Crippen molar-refractivity contribution in [3.05, 3.63) is 71.3 Å². The van der Waals surface area contributed by atoms with Crippen LogP contribution in [0.5, 0.6) is 0 Å². The largest absolute Gasteiger partial charge is 0.503 e. The monoisotopic (exact) mass is 408 g/mol. The molecular weight excluding hydrogens is 396 g/mol. The SMILES string of the molecule is O=Cc1cc(/C(O)=C(\O)c2cc(/C(O)=C(\O)c3cc(C=O)ncn3)ncn2)ncn1. The maximum Gasteiger partial charge on any atom is 0.186 e. The van der Waals surface area contributed by atoms with E-state index in [-0.39, 0.29) is 34.2 Å². The number of rotatable bonds is 6. The Bertz CT molecular complexity index is 1100. The summed E-state index contributed by atoms with van der Waals surface area (Å²) in [6.45, 7) is 0. The first-order chi connectivity index (χ1) is 14.4. The molecule has 4 N–H and O–H groups in total. The van der Waals surface area contributed by atoms with E-state index in [9.17, 15) is 30.0 Å². The minimum Gasteiger partial charge on any atom is -0.503 e. The first-order valence-electron chi connectivity index (χ1n) is 8.07. The quantitative estimate of drug-likeness (QED) is 0.340. The number of hydrogen-bond acceptors (Lipinski definition) is 12. The molecule has 0 fully saturated rings. The van der Waals surface area contributed by atoms with E-state index in [1.807, 2.05) is 0 Å². The molecule has 0 spiro atoms. The summed E-state index contributed by atoms with van der Waals surface area (Å²) in [5, 5.41) is 41.1. The molecule has 0 saturated heterocycles. The molecule has 0 aliphatic heterocycles. The van der Waals surface area contributed by atoms with Gasteiger partial charge in [-0.3, -0.25) is 9.59 Å². The number of hydrogen-bond donors (Lipinski definition) is 4. The summed E-state index contributed by atoms with van der Waals surface area (Å²) >= 11 is 0. The Morgan fingerprint density at radius 1 is 0.533 bits per heavy atom. The molecule has 0 aromatic carbocycles. The smallest absolute Gasteiger partial charge is 0.186 e. The van der Waals surface area contributed by atoms with E-state index in [0.29, 0.717) is 12.6 Å². The van der Waals surface area contributed by atoms with Crippen LogP contribution in [0.15, 0.2) is 37.2 Å². The average Bonchev–Trinajstić information content (AvgIpc) is 2.82. The van der Waals surface area contributed by atoms with Gasteiger partial charge in [0.25, 0.3) is 0 Å². The van der Waals surface area contributed by atoms with Gasteiger partial charge in [-0.25, -0.2) is 29.9 Å². The van der Waals surface area contributed by atoms with Gasteiger partial charge >= 0.3 is 0 Å². The van der Waals surface area contributed by atoms with Gasteiger partial charge in [0.05, 0.1) is 0 Å². The summed E-state index contributed by atoms with van der Waals surface area (Å²) in [6.07, 6.45) is 3.89. The fraction of sp³-hybridized carbons (Fsp3) is 0. The van der Waals surface area contributed by atoms with Gasteiger partial charge in [0, 0.05) is 0 Å². The molecule has 3 aromatic rings. The van der Waals surface area contributed by atoms with Gasteiger partial charge in [-0.2, -0.15) is 0 Å². The summed E-state index contributed by atoms with van der Waals surface area (Å²) < 4.78 is 0. The highest BCUT2D eigenvalue weighted by atomic mass is 16.3. The van der Waals surface area contributed by atoms with Crippen molar-refractivity contribution in [2.75, 3.05) is 0 Å². The van der Waals surface area contributed by atoms with E-state index in [4.69, 9.17) is 0 Å². The molecule has 12 nitrogen and oxygen atoms in total. The Morgan fingerprint density at radius 2 is 0.833 bits per heavy atom. The average molecular weight is 408 g/mol. The van der Waals surface area contributed by atoms with E-state index in [2.05, 4.69) is 29.9 Å². The highest BCUT2D eigenvalue weighted by Crippen LogP contribution is 2.23. The molecule has 150 valence electrons. The molecule has 0 atom stereocenters. The van der Waals surface area contributed by atoms with Crippen molar-refractivity contribution in [1.82, 2.24) is 29.9 Å². The summed E-state index contributed by atoms with van der Waals surface area (Å²) in [7, 11) is 0. The summed E-state index contributed by atoms with van der Waals surface area (Å²) in [5.41, 5.74) is -0.774. The lowest BCUT2D eigenvalue weighted by atomic mass is 10.1. The van der Waals surface area contributed by atoms with Crippen LogP contribution in [-0.2, 0) is 0 Å². The van der Waals surface area contributed by atoms with Gasteiger partial charge in [0.1, 0.15) is 53.1 Å². The van der Waals surface area contributed by atoms with Gasteiger partial charge in [-0.1, -0.05) is 0 Å². The lowest BCUT2D eigenvalue weighted by Crippen LogP contribution is -2.02. The third-order valence-corrected chi connectivity index (χ3v) is 3.70. The van der Waals surface area contributed by atoms with E-state index in [0.717, 1.165) is 37.2 Å². The van der Waals surface area contributed by atoms with Crippen molar-refractivity contribution >= 4 is 35.6 Å². The Morgan fingerprint density at radius 3 is 1.17 bits per heavy atom. The fourth-order valence-electron chi connectivity index (χ4n) is 2.23. The Kier molecular flexibility index (Phi) is 5.68. The van der Waals surface area contributed by atoms with E-state index in [1.54, 1.807) is 0 Å². The molecule has 0 saturated carbocycles. The number of nitrogens with zero attached hydrogens (tertiary/aromatic N) is 6.